The number of carbonyl (C=O) groups is 2. The highest BCUT2D eigenvalue weighted by Gasteiger charge is 2.24. The molecule has 1 aliphatic heterocycles. The number of piperazine rings is 1. The lowest BCUT2D eigenvalue weighted by Gasteiger charge is -2.35. The molecular formula is C21H33N5O2. The van der Waals surface area contributed by atoms with E-state index in [1.165, 1.54) is 0 Å². The molecular weight excluding hydrogens is 354 g/mol. The van der Waals surface area contributed by atoms with Crippen molar-refractivity contribution in [2.45, 2.75) is 66.3 Å². The highest BCUT2D eigenvalue weighted by Crippen LogP contribution is 2.17. The molecule has 28 heavy (non-hydrogen) atoms. The summed E-state index contributed by atoms with van der Waals surface area (Å²) in [5, 5.41) is 13.2. The topological polar surface area (TPSA) is 82.2 Å². The summed E-state index contributed by atoms with van der Waals surface area (Å²) >= 11 is 0. The van der Waals surface area contributed by atoms with Crippen LogP contribution in [0.1, 0.15) is 56.5 Å². The number of aromatic nitrogens is 2. The second-order valence-corrected chi connectivity index (χ2v) is 7.97. The molecule has 0 aromatic carbocycles. The van der Waals surface area contributed by atoms with Crippen molar-refractivity contribution in [3.8, 4) is 6.07 Å². The van der Waals surface area contributed by atoms with Crippen molar-refractivity contribution in [2.75, 3.05) is 26.2 Å². The lowest BCUT2D eigenvalue weighted by Crippen LogP contribution is -2.50. The van der Waals surface area contributed by atoms with Crippen LogP contribution in [-0.4, -0.2) is 57.6 Å². The van der Waals surface area contributed by atoms with E-state index in [1.54, 1.807) is 0 Å². The number of carbonyl (C=O) groups excluding carboxylic acids is 2. The van der Waals surface area contributed by atoms with Crippen molar-refractivity contribution in [2.24, 2.45) is 5.92 Å². The third kappa shape index (κ3) is 5.82. The van der Waals surface area contributed by atoms with Gasteiger partial charge in [0.25, 0.3) is 0 Å². The Bertz CT molecular complexity index is 724. The lowest BCUT2D eigenvalue weighted by molar-refractivity contribution is -0.139. The van der Waals surface area contributed by atoms with Crippen molar-refractivity contribution >= 4 is 11.8 Å². The second kappa shape index (κ2) is 10.3. The van der Waals surface area contributed by atoms with E-state index in [2.05, 4.69) is 25.0 Å². The third-order valence-corrected chi connectivity index (χ3v) is 5.48. The first kappa shape index (κ1) is 21.9. The maximum Gasteiger partial charge on any atom is 0.223 e. The summed E-state index contributed by atoms with van der Waals surface area (Å²) in [4.78, 5) is 28.6. The summed E-state index contributed by atoms with van der Waals surface area (Å²) < 4.78 is 1.86. The molecule has 7 nitrogen and oxygen atoms in total. The van der Waals surface area contributed by atoms with E-state index >= 15 is 0 Å². The molecule has 0 bridgehead atoms. The van der Waals surface area contributed by atoms with Crippen LogP contribution in [-0.2, 0) is 22.6 Å². The van der Waals surface area contributed by atoms with E-state index in [1.807, 2.05) is 28.3 Å². The molecule has 2 amide bonds. The average molecular weight is 388 g/mol. The van der Waals surface area contributed by atoms with E-state index < -0.39 is 0 Å². The van der Waals surface area contributed by atoms with Crippen molar-refractivity contribution < 1.29 is 9.59 Å². The van der Waals surface area contributed by atoms with Gasteiger partial charge >= 0.3 is 0 Å². The third-order valence-electron chi connectivity index (χ3n) is 5.48. The van der Waals surface area contributed by atoms with Crippen molar-refractivity contribution in [1.29, 1.82) is 5.26 Å². The lowest BCUT2D eigenvalue weighted by atomic mass is 10.1. The molecule has 2 heterocycles. The maximum absolute atomic E-state index is 12.6. The Morgan fingerprint density at radius 3 is 2.18 bits per heavy atom. The molecule has 1 saturated heterocycles. The summed E-state index contributed by atoms with van der Waals surface area (Å²) in [5.41, 5.74) is 3.08. The molecule has 154 valence electrons. The molecule has 0 saturated carbocycles. The van der Waals surface area contributed by atoms with Crippen molar-refractivity contribution in [3.63, 3.8) is 0 Å². The van der Waals surface area contributed by atoms with Gasteiger partial charge in [-0.15, -0.1) is 0 Å². The number of amides is 2. The van der Waals surface area contributed by atoms with Crippen molar-refractivity contribution in [1.82, 2.24) is 19.6 Å². The van der Waals surface area contributed by atoms with E-state index in [4.69, 9.17) is 5.26 Å². The maximum atomic E-state index is 12.6. The first-order valence-electron chi connectivity index (χ1n) is 10.3. The van der Waals surface area contributed by atoms with Gasteiger partial charge in [0.05, 0.1) is 24.7 Å². The minimum Gasteiger partial charge on any atom is -0.339 e. The van der Waals surface area contributed by atoms with Gasteiger partial charge in [0.1, 0.15) is 0 Å². The summed E-state index contributed by atoms with van der Waals surface area (Å²) in [5.74, 6) is 0.873. The van der Waals surface area contributed by atoms with Gasteiger partial charge in [-0.2, -0.15) is 10.4 Å². The fourth-order valence-electron chi connectivity index (χ4n) is 3.63. The molecule has 0 spiro atoms. The fourth-order valence-corrected chi connectivity index (χ4v) is 3.63. The number of hydrogen-bond acceptors (Lipinski definition) is 4. The zero-order valence-corrected chi connectivity index (χ0v) is 17.7. The van der Waals surface area contributed by atoms with Crippen molar-refractivity contribution in [3.05, 3.63) is 17.0 Å². The summed E-state index contributed by atoms with van der Waals surface area (Å²) in [7, 11) is 0. The predicted molar refractivity (Wildman–Crippen MR) is 107 cm³/mol. The Labute approximate surface area is 168 Å². The van der Waals surface area contributed by atoms with Gasteiger partial charge in [0, 0.05) is 44.7 Å². The van der Waals surface area contributed by atoms with E-state index in [-0.39, 0.29) is 11.8 Å². The Morgan fingerprint density at radius 1 is 1.07 bits per heavy atom. The number of nitriles is 1. The highest BCUT2D eigenvalue weighted by atomic mass is 16.2. The van der Waals surface area contributed by atoms with Gasteiger partial charge in [0.15, 0.2) is 0 Å². The van der Waals surface area contributed by atoms with Crippen LogP contribution in [0.25, 0.3) is 0 Å². The second-order valence-electron chi connectivity index (χ2n) is 7.97. The number of rotatable bonds is 8. The van der Waals surface area contributed by atoms with Gasteiger partial charge in [-0.25, -0.2) is 0 Å². The molecule has 0 atom stereocenters. The van der Waals surface area contributed by atoms with Crippen LogP contribution >= 0.6 is 0 Å². The van der Waals surface area contributed by atoms with Crippen LogP contribution in [0.2, 0.25) is 0 Å². The molecule has 1 aromatic rings. The van der Waals surface area contributed by atoms with Crippen LogP contribution in [0.15, 0.2) is 0 Å². The minimum absolute atomic E-state index is 0.137. The van der Waals surface area contributed by atoms with Gasteiger partial charge in [-0.1, -0.05) is 13.8 Å². The van der Waals surface area contributed by atoms with Gasteiger partial charge in [0.2, 0.25) is 11.8 Å². The highest BCUT2D eigenvalue weighted by molar-refractivity contribution is 5.78. The molecule has 0 aliphatic carbocycles. The van der Waals surface area contributed by atoms with E-state index in [0.29, 0.717) is 64.3 Å². The minimum atomic E-state index is 0.137. The Morgan fingerprint density at radius 2 is 1.64 bits per heavy atom. The summed E-state index contributed by atoms with van der Waals surface area (Å²) in [6, 6.07) is 2.14. The van der Waals surface area contributed by atoms with Crippen LogP contribution < -0.4 is 0 Å². The summed E-state index contributed by atoms with van der Waals surface area (Å²) in [6.45, 7) is 11.3. The van der Waals surface area contributed by atoms with Crippen LogP contribution in [0, 0.1) is 31.1 Å². The molecule has 1 fully saturated rings. The molecule has 0 N–H and O–H groups in total. The predicted octanol–water partition coefficient (Wildman–Crippen LogP) is 2.45. The first-order valence-corrected chi connectivity index (χ1v) is 10.3. The zero-order chi connectivity index (χ0) is 20.7. The van der Waals surface area contributed by atoms with E-state index in [0.717, 1.165) is 23.4 Å². The number of hydrogen-bond donors (Lipinski definition) is 0. The van der Waals surface area contributed by atoms with Crippen LogP contribution in [0.3, 0.4) is 0 Å². The Kier molecular flexibility index (Phi) is 8.04. The van der Waals surface area contributed by atoms with Gasteiger partial charge < -0.3 is 9.80 Å². The molecule has 1 aliphatic rings. The number of aryl methyl sites for hydroxylation is 2. The molecule has 1 aromatic heterocycles. The standard InChI is InChI=1S/C21H33N5O2/c1-16(2)6-8-20(27)24-12-14-25(15-13-24)21(28)9-7-19-17(3)23-26(18(19)4)11-5-10-22/h16H,5-9,11-15H2,1-4H3. The Balaban J connectivity index is 1.81. The largest absolute Gasteiger partial charge is 0.339 e. The van der Waals surface area contributed by atoms with Crippen LogP contribution in [0.4, 0.5) is 0 Å². The fraction of sp³-hybridized carbons (Fsp3) is 0.714. The first-order chi connectivity index (χ1) is 13.3. The normalized spacial score (nSPS) is 14.4. The van der Waals surface area contributed by atoms with E-state index in [9.17, 15) is 9.59 Å². The average Bonchev–Trinajstić information content (AvgIpc) is 2.95. The summed E-state index contributed by atoms with van der Waals surface area (Å²) in [6.07, 6.45) is 3.06. The van der Waals surface area contributed by atoms with Gasteiger partial charge in [-0.05, 0) is 38.2 Å². The van der Waals surface area contributed by atoms with Gasteiger partial charge in [-0.3, -0.25) is 14.3 Å². The quantitative estimate of drug-likeness (QED) is 0.686. The molecule has 0 radical (unpaired) electrons. The smallest absolute Gasteiger partial charge is 0.223 e. The molecule has 7 heteroatoms. The zero-order valence-electron chi connectivity index (χ0n) is 17.7. The number of nitrogens with zero attached hydrogens (tertiary/aromatic N) is 5. The molecule has 2 rings (SSSR count). The SMILES string of the molecule is Cc1nn(CCC#N)c(C)c1CCC(=O)N1CCN(C(=O)CCC(C)C)CC1. The van der Waals surface area contributed by atoms with Crippen LogP contribution in [0.5, 0.6) is 0 Å². The monoisotopic (exact) mass is 387 g/mol. The molecule has 0 unspecified atom stereocenters. The Hall–Kier alpha value is -2.36.